The van der Waals surface area contributed by atoms with Crippen molar-refractivity contribution >= 4 is 22.8 Å². The molecule has 8 heteroatoms. The zero-order valence-electron chi connectivity index (χ0n) is 23.4. The highest BCUT2D eigenvalue weighted by Crippen LogP contribution is 2.32. The topological polar surface area (TPSA) is 45.7 Å². The summed E-state index contributed by atoms with van der Waals surface area (Å²) >= 11 is 0. The standard InChI is InChI=1S/C26H28F3N3O2.2C2H6/c1-18-12-19(14-22(13-18)26(27,28)29)16-32(25(33)34-2)17-21-15-20-8-4-5-9-23(20)30-24(21)31-10-6-3-7-11-31;2*1-2/h4-5,8-9,12-15H,3,6-7,10-11,16-17H2,1-2H3;2*1-2H3. The fraction of sp³-hybridized carbons (Fsp3) is 0.467. The Balaban J connectivity index is 0.00000121. The monoisotopic (exact) mass is 531 g/mol. The molecule has 2 heterocycles. The maximum absolute atomic E-state index is 13.3. The molecule has 0 spiro atoms. The van der Waals surface area contributed by atoms with Crippen LogP contribution in [0.4, 0.5) is 23.8 Å². The highest BCUT2D eigenvalue weighted by molar-refractivity contribution is 5.82. The minimum atomic E-state index is -4.46. The van der Waals surface area contributed by atoms with E-state index < -0.39 is 17.8 Å². The molecule has 1 amide bonds. The van der Waals surface area contributed by atoms with Crippen LogP contribution in [0.25, 0.3) is 10.9 Å². The number of fused-ring (bicyclic) bond motifs is 1. The second-order valence-electron chi connectivity index (χ2n) is 8.74. The van der Waals surface area contributed by atoms with Gasteiger partial charge in [-0.2, -0.15) is 13.2 Å². The number of ether oxygens (including phenoxy) is 1. The summed E-state index contributed by atoms with van der Waals surface area (Å²) in [4.78, 5) is 21.2. The van der Waals surface area contributed by atoms with Gasteiger partial charge in [-0.15, -0.1) is 0 Å². The molecule has 5 nitrogen and oxygen atoms in total. The first kappa shape index (κ1) is 30.9. The van der Waals surface area contributed by atoms with Crippen LogP contribution in [0, 0.1) is 6.92 Å². The molecular weight excluding hydrogens is 491 g/mol. The molecule has 1 aliphatic rings. The second-order valence-corrected chi connectivity index (χ2v) is 8.74. The molecule has 0 aliphatic carbocycles. The molecule has 38 heavy (non-hydrogen) atoms. The lowest BCUT2D eigenvalue weighted by molar-refractivity contribution is -0.137. The lowest BCUT2D eigenvalue weighted by Crippen LogP contribution is -2.34. The number of methoxy groups -OCH3 is 1. The van der Waals surface area contributed by atoms with E-state index in [0.717, 1.165) is 60.3 Å². The minimum absolute atomic E-state index is 0.0102. The zero-order valence-corrected chi connectivity index (χ0v) is 23.4. The van der Waals surface area contributed by atoms with Crippen LogP contribution < -0.4 is 4.90 Å². The van der Waals surface area contributed by atoms with Crippen LogP contribution in [0.1, 0.15) is 69.2 Å². The molecule has 0 N–H and O–H groups in total. The van der Waals surface area contributed by atoms with Gasteiger partial charge < -0.3 is 9.64 Å². The third kappa shape index (κ3) is 8.10. The summed E-state index contributed by atoms with van der Waals surface area (Å²) in [5.41, 5.74) is 1.86. The van der Waals surface area contributed by atoms with Gasteiger partial charge in [0.1, 0.15) is 5.82 Å². The third-order valence-corrected chi connectivity index (χ3v) is 6.07. The number of halogens is 3. The van der Waals surface area contributed by atoms with Gasteiger partial charge in [0.05, 0.1) is 24.7 Å². The first-order valence-electron chi connectivity index (χ1n) is 13.4. The second kappa shape index (κ2) is 14.6. The number of aromatic nitrogens is 1. The maximum atomic E-state index is 13.3. The van der Waals surface area contributed by atoms with Crippen molar-refractivity contribution in [3.63, 3.8) is 0 Å². The molecule has 0 saturated carbocycles. The summed E-state index contributed by atoms with van der Waals surface area (Å²) in [7, 11) is 1.27. The summed E-state index contributed by atoms with van der Waals surface area (Å²) in [5, 5.41) is 0.943. The number of amides is 1. The highest BCUT2D eigenvalue weighted by atomic mass is 19.4. The van der Waals surface area contributed by atoms with Crippen molar-refractivity contribution in [2.24, 2.45) is 0 Å². The lowest BCUT2D eigenvalue weighted by Gasteiger charge is -2.31. The average molecular weight is 532 g/mol. The third-order valence-electron chi connectivity index (χ3n) is 6.07. The quantitative estimate of drug-likeness (QED) is 0.332. The van der Waals surface area contributed by atoms with Gasteiger partial charge in [-0.25, -0.2) is 9.78 Å². The Kier molecular flexibility index (Phi) is 11.9. The van der Waals surface area contributed by atoms with Gasteiger partial charge in [-0.3, -0.25) is 4.90 Å². The predicted octanol–water partition coefficient (Wildman–Crippen LogP) is 8.37. The lowest BCUT2D eigenvalue weighted by atomic mass is 10.0. The number of rotatable bonds is 5. The fourth-order valence-corrected chi connectivity index (χ4v) is 4.50. The number of anilines is 1. The van der Waals surface area contributed by atoms with Gasteiger partial charge >= 0.3 is 12.3 Å². The van der Waals surface area contributed by atoms with E-state index in [9.17, 15) is 18.0 Å². The van der Waals surface area contributed by atoms with E-state index in [1.165, 1.54) is 18.4 Å². The Labute approximate surface area is 224 Å². The largest absolute Gasteiger partial charge is 0.453 e. The fourth-order valence-electron chi connectivity index (χ4n) is 4.50. The summed E-state index contributed by atoms with van der Waals surface area (Å²) in [6, 6.07) is 13.7. The van der Waals surface area contributed by atoms with Crippen molar-refractivity contribution in [1.29, 1.82) is 0 Å². The molecule has 4 rings (SSSR count). The van der Waals surface area contributed by atoms with E-state index >= 15 is 0 Å². The van der Waals surface area contributed by atoms with Crippen LogP contribution in [0.2, 0.25) is 0 Å². The number of aryl methyl sites for hydroxylation is 1. The van der Waals surface area contributed by atoms with Gasteiger partial charge in [0, 0.05) is 30.6 Å². The van der Waals surface area contributed by atoms with Gasteiger partial charge in [0.15, 0.2) is 0 Å². The van der Waals surface area contributed by atoms with E-state index in [0.29, 0.717) is 11.1 Å². The molecule has 0 bridgehead atoms. The van der Waals surface area contributed by atoms with Crippen LogP contribution >= 0.6 is 0 Å². The molecule has 0 radical (unpaired) electrons. The van der Waals surface area contributed by atoms with E-state index in [-0.39, 0.29) is 13.1 Å². The van der Waals surface area contributed by atoms with Gasteiger partial charge in [-0.05, 0) is 56.0 Å². The number of alkyl halides is 3. The van der Waals surface area contributed by atoms with Crippen molar-refractivity contribution in [1.82, 2.24) is 9.88 Å². The summed E-state index contributed by atoms with van der Waals surface area (Å²) < 4.78 is 45.0. The van der Waals surface area contributed by atoms with Gasteiger partial charge in [-0.1, -0.05) is 57.5 Å². The SMILES string of the molecule is CC.CC.COC(=O)N(Cc1cc(C)cc(C(F)(F)F)c1)Cc1cc2ccccc2nc1N1CCCCC1. The number of nitrogens with zero attached hydrogens (tertiary/aromatic N) is 3. The molecule has 1 aromatic heterocycles. The van der Waals surface area contributed by atoms with Gasteiger partial charge in [0.2, 0.25) is 0 Å². The Hall–Kier alpha value is -3.29. The number of hydrogen-bond acceptors (Lipinski definition) is 4. The Bertz CT molecular complexity index is 1180. The van der Waals surface area contributed by atoms with Crippen LogP contribution in [0.5, 0.6) is 0 Å². The van der Waals surface area contributed by atoms with E-state index in [1.54, 1.807) is 13.0 Å². The number of carbonyl (C=O) groups excluding carboxylic acids is 1. The molecule has 1 saturated heterocycles. The number of pyridine rings is 1. The van der Waals surface area contributed by atoms with E-state index in [1.807, 2.05) is 58.0 Å². The summed E-state index contributed by atoms with van der Waals surface area (Å²) in [6.45, 7) is 11.5. The molecule has 2 aromatic carbocycles. The molecule has 0 unspecified atom stereocenters. The molecule has 1 fully saturated rings. The van der Waals surface area contributed by atoms with E-state index in [4.69, 9.17) is 9.72 Å². The first-order valence-corrected chi connectivity index (χ1v) is 13.4. The first-order chi connectivity index (χ1) is 18.2. The Morgan fingerprint density at radius 3 is 2.26 bits per heavy atom. The number of para-hydroxylation sites is 1. The van der Waals surface area contributed by atoms with Crippen LogP contribution in [0.15, 0.2) is 48.5 Å². The molecule has 0 atom stereocenters. The number of piperidine rings is 1. The molecule has 3 aromatic rings. The zero-order chi connectivity index (χ0) is 28.3. The predicted molar refractivity (Wildman–Crippen MR) is 148 cm³/mol. The number of benzene rings is 2. The minimum Gasteiger partial charge on any atom is -0.453 e. The smallest absolute Gasteiger partial charge is 0.416 e. The molecule has 1 aliphatic heterocycles. The molecule has 208 valence electrons. The van der Waals surface area contributed by atoms with Crippen LogP contribution in [0.3, 0.4) is 0 Å². The van der Waals surface area contributed by atoms with Crippen LogP contribution in [-0.2, 0) is 24.0 Å². The van der Waals surface area contributed by atoms with Crippen molar-refractivity contribution in [2.75, 3.05) is 25.1 Å². The van der Waals surface area contributed by atoms with Crippen molar-refractivity contribution in [3.05, 3.63) is 70.8 Å². The van der Waals surface area contributed by atoms with Crippen molar-refractivity contribution in [2.45, 2.75) is 73.1 Å². The van der Waals surface area contributed by atoms with E-state index in [2.05, 4.69) is 4.90 Å². The number of carbonyl (C=O) groups is 1. The average Bonchev–Trinajstić information content (AvgIpc) is 2.93. The summed E-state index contributed by atoms with van der Waals surface area (Å²) in [6.07, 6.45) is -1.76. The normalized spacial score (nSPS) is 13.1. The summed E-state index contributed by atoms with van der Waals surface area (Å²) in [5.74, 6) is 0.813. The maximum Gasteiger partial charge on any atom is 0.416 e. The van der Waals surface area contributed by atoms with Crippen LogP contribution in [-0.4, -0.2) is 36.2 Å². The molecular formula is C30H40F3N3O2. The Morgan fingerprint density at radius 1 is 0.974 bits per heavy atom. The Morgan fingerprint density at radius 2 is 1.63 bits per heavy atom. The van der Waals surface area contributed by atoms with Crippen molar-refractivity contribution in [3.8, 4) is 0 Å². The van der Waals surface area contributed by atoms with Gasteiger partial charge in [0.25, 0.3) is 0 Å². The number of hydrogen-bond donors (Lipinski definition) is 0. The highest BCUT2D eigenvalue weighted by Gasteiger charge is 2.31. The van der Waals surface area contributed by atoms with Crippen molar-refractivity contribution < 1.29 is 22.7 Å².